The van der Waals surface area contributed by atoms with E-state index in [1.165, 1.54) is 43.3 Å². The normalized spacial score (nSPS) is 164. The van der Waals surface area contributed by atoms with Crippen LogP contribution in [0.2, 0.25) is 43.3 Å². The number of fused-ring (bicyclic) bond motifs is 10. The Hall–Kier alpha value is 0.869. The van der Waals surface area contributed by atoms with Crippen molar-refractivity contribution in [2.75, 3.05) is 0 Å². The van der Waals surface area contributed by atoms with E-state index in [0.717, 1.165) is 3.65 Å². The molecule has 0 N–H and O–H groups in total. The Kier molecular flexibility index (Phi) is 0.0712. The Balaban J connectivity index is 2.31. The summed E-state index contributed by atoms with van der Waals surface area (Å²) in [5.41, 5.74) is 0. The molecule has 4 atom stereocenters. The van der Waals surface area contributed by atoms with Crippen LogP contribution in [-0.4, -0.2) is 3.65 Å². The number of rotatable bonds is 0. The van der Waals surface area contributed by atoms with E-state index in [2.05, 4.69) is 0 Å². The third-order valence-corrected chi connectivity index (χ3v) is 60.9. The second-order valence-corrected chi connectivity index (χ2v) is 34.3. The van der Waals surface area contributed by atoms with Gasteiger partial charge in [0.05, 0.1) is 0 Å². The van der Waals surface area contributed by atoms with E-state index in [1.807, 2.05) is 0 Å². The maximum absolute atomic E-state index is 5.29. The average Bonchev–Trinajstić information content (AvgIpc) is 2.97. The van der Waals surface area contributed by atoms with E-state index in [4.69, 9.17) is 12.6 Å². The average molecular weight is 218 g/mol. The summed E-state index contributed by atoms with van der Waals surface area (Å²) in [5.74, 6) is 0. The Labute approximate surface area is 66.2 Å². The van der Waals surface area contributed by atoms with Crippen LogP contribution in [0.3, 0.4) is 0 Å². The van der Waals surface area contributed by atoms with Crippen LogP contribution in [0.4, 0.5) is 0 Å². The molecule has 0 nitrogen and oxygen atoms in total. The molecule has 10 aliphatic rings. The van der Waals surface area contributed by atoms with E-state index in [0.29, 0.717) is 0 Å². The minimum atomic E-state index is -2.59. The molecule has 10 saturated heterocycles. The topological polar surface area (TPSA) is 0 Å². The van der Waals surface area contributed by atoms with Crippen LogP contribution in [0, 0.1) is 0 Å². The van der Waals surface area contributed by atoms with E-state index in [9.17, 15) is 0 Å². The molecule has 0 radical (unpaired) electrons. The van der Waals surface area contributed by atoms with Gasteiger partial charge in [-0.1, -0.05) is 0 Å². The molecule has 0 bridgehead atoms. The molecular formula is C10H10FeS. The second kappa shape index (κ2) is 0.225. The van der Waals surface area contributed by atoms with Crippen molar-refractivity contribution in [3.05, 3.63) is 0 Å². The van der Waals surface area contributed by atoms with Crippen molar-refractivity contribution in [2.24, 2.45) is 0 Å². The summed E-state index contributed by atoms with van der Waals surface area (Å²) < 4.78 is 0.888. The van der Waals surface area contributed by atoms with Crippen LogP contribution in [0.25, 0.3) is 0 Å². The molecule has 0 aliphatic carbocycles. The molecule has 0 aromatic rings. The van der Waals surface area contributed by atoms with Gasteiger partial charge < -0.3 is 0 Å². The van der Waals surface area contributed by atoms with E-state index < -0.39 is 6.51 Å². The Morgan fingerprint density at radius 2 is 1.17 bits per heavy atom. The van der Waals surface area contributed by atoms with Gasteiger partial charge in [-0.15, -0.1) is 0 Å². The first-order chi connectivity index (χ1) is 5.55. The predicted molar refractivity (Wildman–Crippen MR) is 45.5 cm³/mol. The molecule has 1 spiro atoms. The molecule has 10 aliphatic heterocycles. The van der Waals surface area contributed by atoms with Gasteiger partial charge in [-0.05, 0) is 0 Å². The van der Waals surface area contributed by atoms with Gasteiger partial charge in [0, 0.05) is 0 Å². The van der Waals surface area contributed by atoms with Gasteiger partial charge >= 0.3 is 66.1 Å². The Bertz CT molecular complexity index is 755. The van der Waals surface area contributed by atoms with Crippen LogP contribution in [0.15, 0.2) is 0 Å². The summed E-state index contributed by atoms with van der Waals surface area (Å²) in [6.07, 6.45) is 0. The van der Waals surface area contributed by atoms with Crippen LogP contribution in [0.5, 0.6) is 0 Å². The van der Waals surface area contributed by atoms with Gasteiger partial charge in [0.15, 0.2) is 0 Å². The van der Waals surface area contributed by atoms with Crippen molar-refractivity contribution >= 4 is 12.6 Å². The van der Waals surface area contributed by atoms with E-state index in [-0.39, 0.29) is 0 Å². The van der Waals surface area contributed by atoms with Crippen LogP contribution < -0.4 is 0 Å². The Morgan fingerprint density at radius 3 is 1.17 bits per heavy atom. The minimum absolute atomic E-state index is 0.888. The van der Waals surface area contributed by atoms with Gasteiger partial charge in [0.25, 0.3) is 0 Å². The summed E-state index contributed by atoms with van der Waals surface area (Å²) in [5, 5.41) is 0. The summed E-state index contributed by atoms with van der Waals surface area (Å²) >= 11 is 5.29. The van der Waals surface area contributed by atoms with Crippen molar-refractivity contribution in [3.8, 4) is 0 Å². The van der Waals surface area contributed by atoms with Crippen molar-refractivity contribution in [2.45, 2.75) is 47.0 Å². The summed E-state index contributed by atoms with van der Waals surface area (Å²) in [7, 11) is 0. The zero-order chi connectivity index (χ0) is 7.01. The molecule has 0 aromatic heterocycles. The fourth-order valence-corrected chi connectivity index (χ4v) is 95.7. The predicted octanol–water partition coefficient (Wildman–Crippen LogP) is 3.21. The van der Waals surface area contributed by atoms with Gasteiger partial charge in [-0.2, -0.15) is 0 Å². The maximum atomic E-state index is 5.29. The summed E-state index contributed by atoms with van der Waals surface area (Å²) in [6.45, 7) is -2.59. The van der Waals surface area contributed by atoms with E-state index >= 15 is 0 Å². The van der Waals surface area contributed by atoms with Gasteiger partial charge in [-0.25, -0.2) is 0 Å². The zero-order valence-corrected chi connectivity index (χ0v) is 8.50. The van der Waals surface area contributed by atoms with Crippen molar-refractivity contribution < 1.29 is 6.51 Å². The molecule has 10 heterocycles. The molecule has 2 heteroatoms. The first-order valence-corrected chi connectivity index (χ1v) is 12.2. The SMILES string of the molecule is S[C]12[CH]3[CH]4[CH]5[CH]1[Fe]45321678[CH]2[CH]1[CH]6[CH]7[CH]28. The summed E-state index contributed by atoms with van der Waals surface area (Å²) in [4.78, 5) is 13.2. The van der Waals surface area contributed by atoms with E-state index in [1.54, 1.807) is 0 Å². The third-order valence-electron chi connectivity index (χ3n) is 14.6. The molecule has 10 fully saturated rings. The fourth-order valence-electron chi connectivity index (χ4n) is 16.0. The molecule has 0 aromatic carbocycles. The molecule has 64 valence electrons. The zero-order valence-electron chi connectivity index (χ0n) is 6.50. The molecular weight excluding hydrogens is 208 g/mol. The quantitative estimate of drug-likeness (QED) is 0.468. The van der Waals surface area contributed by atoms with Crippen molar-refractivity contribution in [1.29, 1.82) is 0 Å². The van der Waals surface area contributed by atoms with Crippen molar-refractivity contribution in [1.82, 2.24) is 0 Å². The first kappa shape index (κ1) is 3.79. The number of hydrogen-bond donors (Lipinski definition) is 1. The standard InChI is InChI=1S/C5H5S.C5H5.Fe/c6-5-3-1-2-4-5;1-2-4-5-3-1;/h1-4,6H;1-5H;. The molecule has 0 saturated carbocycles. The van der Waals surface area contributed by atoms with Gasteiger partial charge in [0.1, 0.15) is 0 Å². The molecule has 0 amide bonds. The monoisotopic (exact) mass is 218 g/mol. The molecule has 12 heavy (non-hydrogen) atoms. The van der Waals surface area contributed by atoms with Gasteiger partial charge in [0.2, 0.25) is 0 Å². The summed E-state index contributed by atoms with van der Waals surface area (Å²) in [6, 6.07) is 0. The van der Waals surface area contributed by atoms with Crippen LogP contribution in [0.1, 0.15) is 0 Å². The van der Waals surface area contributed by atoms with Gasteiger partial charge in [-0.3, -0.25) is 0 Å². The van der Waals surface area contributed by atoms with Crippen molar-refractivity contribution in [3.63, 3.8) is 0 Å². The number of hydrogen-bond acceptors (Lipinski definition) is 1. The van der Waals surface area contributed by atoms with Crippen LogP contribution >= 0.6 is 12.6 Å². The third kappa shape index (κ3) is 0.0231. The second-order valence-electron chi connectivity index (χ2n) is 9.64. The first-order valence-electron chi connectivity index (χ1n) is 5.48. The molecule has 10 rings (SSSR count). The van der Waals surface area contributed by atoms with Crippen LogP contribution in [-0.2, 0) is 6.51 Å². The number of thiol groups is 1. The molecule has 4 unspecified atom stereocenters. The fraction of sp³-hybridized carbons (Fsp3) is 1.00. The Morgan fingerprint density at radius 1 is 0.750 bits per heavy atom.